The predicted molar refractivity (Wildman–Crippen MR) is 106 cm³/mol. The first-order chi connectivity index (χ1) is 12.6. The molecule has 26 heavy (non-hydrogen) atoms. The van der Waals surface area contributed by atoms with Crippen molar-refractivity contribution in [2.24, 2.45) is 5.92 Å². The lowest BCUT2D eigenvalue weighted by Crippen LogP contribution is -2.49. The molecule has 0 bridgehead atoms. The number of piperidine rings is 2. The van der Waals surface area contributed by atoms with Crippen LogP contribution in [0.25, 0.3) is 0 Å². The summed E-state index contributed by atoms with van der Waals surface area (Å²) in [6.07, 6.45) is 6.22. The van der Waals surface area contributed by atoms with Gasteiger partial charge in [-0.05, 0) is 64.1 Å². The summed E-state index contributed by atoms with van der Waals surface area (Å²) in [6, 6.07) is 6.85. The van der Waals surface area contributed by atoms with Gasteiger partial charge in [0.2, 0.25) is 0 Å². The minimum Gasteiger partial charge on any atom is -0.383 e. The van der Waals surface area contributed by atoms with Gasteiger partial charge in [0.15, 0.2) is 0 Å². The molecule has 1 aromatic carbocycles. The topological polar surface area (TPSA) is 32.8 Å². The van der Waals surface area contributed by atoms with Crippen LogP contribution in [-0.2, 0) is 4.74 Å². The van der Waals surface area contributed by atoms with Gasteiger partial charge in [0.05, 0.1) is 6.61 Å². The van der Waals surface area contributed by atoms with Crippen LogP contribution < -0.4 is 0 Å². The highest BCUT2D eigenvalue weighted by Crippen LogP contribution is 2.31. The molecule has 1 atom stereocenters. The first-order valence-electron chi connectivity index (χ1n) is 10.2. The number of nitrogens with zero attached hydrogens (tertiary/aromatic N) is 2. The van der Waals surface area contributed by atoms with E-state index in [0.29, 0.717) is 6.04 Å². The van der Waals surface area contributed by atoms with E-state index >= 15 is 0 Å². The van der Waals surface area contributed by atoms with Gasteiger partial charge in [-0.25, -0.2) is 0 Å². The third-order valence-electron chi connectivity index (χ3n) is 6.09. The molecule has 4 heteroatoms. The second-order valence-electron chi connectivity index (χ2n) is 8.10. The molecule has 4 nitrogen and oxygen atoms in total. The van der Waals surface area contributed by atoms with Crippen molar-refractivity contribution in [2.75, 3.05) is 39.9 Å². The van der Waals surface area contributed by atoms with Gasteiger partial charge in [0, 0.05) is 38.3 Å². The van der Waals surface area contributed by atoms with Crippen LogP contribution in [0, 0.1) is 19.8 Å². The smallest absolute Gasteiger partial charge is 0.253 e. The second kappa shape index (κ2) is 9.01. The number of likely N-dealkylation sites (tertiary alicyclic amines) is 2. The number of amides is 1. The summed E-state index contributed by atoms with van der Waals surface area (Å²) in [5.41, 5.74) is 3.18. The van der Waals surface area contributed by atoms with E-state index in [1.165, 1.54) is 36.9 Å². The first kappa shape index (κ1) is 19.4. The largest absolute Gasteiger partial charge is 0.383 e. The third-order valence-corrected chi connectivity index (χ3v) is 6.09. The summed E-state index contributed by atoms with van der Waals surface area (Å²) >= 11 is 0. The summed E-state index contributed by atoms with van der Waals surface area (Å²) in [4.78, 5) is 17.6. The molecule has 1 amide bonds. The number of carbonyl (C=O) groups is 1. The maximum Gasteiger partial charge on any atom is 0.253 e. The van der Waals surface area contributed by atoms with Crippen LogP contribution >= 0.6 is 0 Å². The average molecular weight is 359 g/mol. The number of benzene rings is 1. The molecule has 2 aliphatic rings. The Morgan fingerprint density at radius 1 is 1.04 bits per heavy atom. The molecule has 0 spiro atoms. The number of hydrogen-bond donors (Lipinski definition) is 0. The average Bonchev–Trinajstić information content (AvgIpc) is 2.65. The Bertz CT molecular complexity index is 588. The molecule has 1 aromatic rings. The van der Waals surface area contributed by atoms with Crippen LogP contribution in [0.3, 0.4) is 0 Å². The summed E-state index contributed by atoms with van der Waals surface area (Å²) in [5, 5.41) is 0. The third kappa shape index (κ3) is 4.66. The van der Waals surface area contributed by atoms with Crippen LogP contribution in [0.1, 0.15) is 53.6 Å². The fourth-order valence-electron chi connectivity index (χ4n) is 4.80. The SMILES string of the molecule is COCCN1CCCC[C@H]1C1CCN(C(=O)c2cc(C)cc(C)c2)CC1. The maximum absolute atomic E-state index is 12.9. The Balaban J connectivity index is 1.58. The van der Waals surface area contributed by atoms with Gasteiger partial charge in [0.1, 0.15) is 0 Å². The van der Waals surface area contributed by atoms with Crippen molar-refractivity contribution >= 4 is 5.91 Å². The van der Waals surface area contributed by atoms with Crippen LogP contribution in [0.15, 0.2) is 18.2 Å². The van der Waals surface area contributed by atoms with Gasteiger partial charge in [-0.1, -0.05) is 23.6 Å². The Morgan fingerprint density at radius 3 is 2.38 bits per heavy atom. The lowest BCUT2D eigenvalue weighted by atomic mass is 9.83. The molecular weight excluding hydrogens is 324 g/mol. The predicted octanol–water partition coefficient (Wildman–Crippen LogP) is 3.66. The molecule has 144 valence electrons. The van der Waals surface area contributed by atoms with Crippen molar-refractivity contribution in [3.05, 3.63) is 34.9 Å². The number of aryl methyl sites for hydroxylation is 2. The van der Waals surface area contributed by atoms with Crippen LogP contribution in [0.4, 0.5) is 0 Å². The molecule has 2 fully saturated rings. The zero-order valence-corrected chi connectivity index (χ0v) is 16.7. The Kier molecular flexibility index (Phi) is 6.71. The standard InChI is InChI=1S/C22H34N2O2/c1-17-14-18(2)16-20(15-17)22(25)24-10-7-19(8-11-24)21-6-4-5-9-23(21)12-13-26-3/h14-16,19,21H,4-13H2,1-3H3/t21-/m0/s1. The molecule has 0 aliphatic carbocycles. The van der Waals surface area contributed by atoms with Gasteiger partial charge in [0.25, 0.3) is 5.91 Å². The summed E-state index contributed by atoms with van der Waals surface area (Å²) < 4.78 is 5.30. The van der Waals surface area contributed by atoms with E-state index in [0.717, 1.165) is 50.6 Å². The number of methoxy groups -OCH3 is 1. The Hall–Kier alpha value is -1.39. The van der Waals surface area contributed by atoms with Crippen LogP contribution in [0.5, 0.6) is 0 Å². The minimum absolute atomic E-state index is 0.204. The molecule has 2 saturated heterocycles. The maximum atomic E-state index is 12.9. The van der Waals surface area contributed by atoms with E-state index in [4.69, 9.17) is 4.74 Å². The van der Waals surface area contributed by atoms with Crippen LogP contribution in [-0.4, -0.2) is 61.6 Å². The number of carbonyl (C=O) groups excluding carboxylic acids is 1. The lowest BCUT2D eigenvalue weighted by Gasteiger charge is -2.43. The molecule has 3 rings (SSSR count). The molecule has 0 radical (unpaired) electrons. The highest BCUT2D eigenvalue weighted by Gasteiger charge is 2.33. The Morgan fingerprint density at radius 2 is 1.73 bits per heavy atom. The molecule has 0 aromatic heterocycles. The van der Waals surface area contributed by atoms with Gasteiger partial charge >= 0.3 is 0 Å². The van der Waals surface area contributed by atoms with Gasteiger partial charge in [-0.2, -0.15) is 0 Å². The summed E-state index contributed by atoms with van der Waals surface area (Å²) in [7, 11) is 1.79. The number of ether oxygens (including phenoxy) is 1. The van der Waals surface area contributed by atoms with Crippen molar-refractivity contribution in [1.29, 1.82) is 0 Å². The zero-order chi connectivity index (χ0) is 18.5. The summed E-state index contributed by atoms with van der Waals surface area (Å²) in [5.74, 6) is 0.922. The van der Waals surface area contributed by atoms with Gasteiger partial charge < -0.3 is 9.64 Å². The van der Waals surface area contributed by atoms with Crippen molar-refractivity contribution in [3.63, 3.8) is 0 Å². The second-order valence-corrected chi connectivity index (χ2v) is 8.10. The van der Waals surface area contributed by atoms with E-state index in [-0.39, 0.29) is 5.91 Å². The molecule has 2 heterocycles. The molecule has 0 saturated carbocycles. The van der Waals surface area contributed by atoms with E-state index in [2.05, 4.69) is 29.7 Å². The van der Waals surface area contributed by atoms with E-state index in [1.807, 2.05) is 12.1 Å². The lowest BCUT2D eigenvalue weighted by molar-refractivity contribution is 0.0374. The van der Waals surface area contributed by atoms with E-state index in [1.54, 1.807) is 7.11 Å². The van der Waals surface area contributed by atoms with Gasteiger partial charge in [-0.3, -0.25) is 9.69 Å². The van der Waals surface area contributed by atoms with Crippen LogP contribution in [0.2, 0.25) is 0 Å². The highest BCUT2D eigenvalue weighted by molar-refractivity contribution is 5.94. The molecule has 2 aliphatic heterocycles. The van der Waals surface area contributed by atoms with Crippen molar-refractivity contribution in [2.45, 2.75) is 52.0 Å². The van der Waals surface area contributed by atoms with Crippen molar-refractivity contribution in [3.8, 4) is 0 Å². The normalized spacial score (nSPS) is 22.6. The van der Waals surface area contributed by atoms with Crippen molar-refractivity contribution in [1.82, 2.24) is 9.80 Å². The molecule has 0 unspecified atom stereocenters. The highest BCUT2D eigenvalue weighted by atomic mass is 16.5. The first-order valence-corrected chi connectivity index (χ1v) is 10.2. The number of hydrogen-bond acceptors (Lipinski definition) is 3. The number of rotatable bonds is 5. The van der Waals surface area contributed by atoms with Gasteiger partial charge in [-0.15, -0.1) is 0 Å². The zero-order valence-electron chi connectivity index (χ0n) is 16.7. The van der Waals surface area contributed by atoms with Crippen molar-refractivity contribution < 1.29 is 9.53 Å². The molecular formula is C22H34N2O2. The minimum atomic E-state index is 0.204. The quantitative estimate of drug-likeness (QED) is 0.805. The summed E-state index contributed by atoms with van der Waals surface area (Å²) in [6.45, 7) is 8.98. The Labute approximate surface area is 158 Å². The fraction of sp³-hybridized carbons (Fsp3) is 0.682. The molecule has 0 N–H and O–H groups in total. The fourth-order valence-corrected chi connectivity index (χ4v) is 4.80. The van der Waals surface area contributed by atoms with E-state index < -0.39 is 0 Å². The van der Waals surface area contributed by atoms with E-state index in [9.17, 15) is 4.79 Å². The monoisotopic (exact) mass is 358 g/mol.